The van der Waals surface area contributed by atoms with Crippen LogP contribution in [-0.4, -0.2) is 31.3 Å². The number of anilines is 1. The lowest BCUT2D eigenvalue weighted by molar-refractivity contribution is 0.0891. The van der Waals surface area contributed by atoms with Crippen molar-refractivity contribution in [2.45, 2.75) is 31.9 Å². The number of rotatable bonds is 3. The normalized spacial score (nSPS) is 22.5. The van der Waals surface area contributed by atoms with E-state index in [1.165, 1.54) is 0 Å². The summed E-state index contributed by atoms with van der Waals surface area (Å²) >= 11 is 0. The summed E-state index contributed by atoms with van der Waals surface area (Å²) < 4.78 is 5.44. The zero-order valence-electron chi connectivity index (χ0n) is 10.6. The zero-order valence-corrected chi connectivity index (χ0v) is 10.6. The molecule has 1 aromatic rings. The van der Waals surface area contributed by atoms with Crippen molar-refractivity contribution < 1.29 is 4.74 Å². The van der Waals surface area contributed by atoms with Crippen molar-refractivity contribution in [1.82, 2.24) is 4.98 Å². The molecule has 94 valence electrons. The van der Waals surface area contributed by atoms with E-state index in [4.69, 9.17) is 10.5 Å². The SMILES string of the molecule is COC1CCCN(c2ncccc2[C@H](C)N)C1. The Morgan fingerprint density at radius 1 is 1.59 bits per heavy atom. The minimum atomic E-state index is 0.0154. The van der Waals surface area contributed by atoms with Crippen LogP contribution in [0.2, 0.25) is 0 Å². The molecule has 0 radical (unpaired) electrons. The van der Waals surface area contributed by atoms with Crippen LogP contribution >= 0.6 is 0 Å². The molecule has 2 atom stereocenters. The van der Waals surface area contributed by atoms with Gasteiger partial charge in [0.1, 0.15) is 5.82 Å². The van der Waals surface area contributed by atoms with Crippen LogP contribution in [0, 0.1) is 0 Å². The van der Waals surface area contributed by atoms with Gasteiger partial charge in [-0.2, -0.15) is 0 Å². The largest absolute Gasteiger partial charge is 0.380 e. The average molecular weight is 235 g/mol. The number of nitrogens with two attached hydrogens (primary N) is 1. The molecule has 0 aromatic carbocycles. The number of methoxy groups -OCH3 is 1. The van der Waals surface area contributed by atoms with Gasteiger partial charge in [-0.05, 0) is 25.8 Å². The van der Waals surface area contributed by atoms with E-state index in [-0.39, 0.29) is 6.04 Å². The molecular formula is C13H21N3O. The molecule has 0 bridgehead atoms. The summed E-state index contributed by atoms with van der Waals surface area (Å²) in [7, 11) is 1.78. The van der Waals surface area contributed by atoms with Gasteiger partial charge in [0, 0.05) is 38.0 Å². The van der Waals surface area contributed by atoms with Crippen molar-refractivity contribution in [2.75, 3.05) is 25.1 Å². The summed E-state index contributed by atoms with van der Waals surface area (Å²) in [6, 6.07) is 4.02. The third-order valence-corrected chi connectivity index (χ3v) is 3.32. The summed E-state index contributed by atoms with van der Waals surface area (Å²) in [6.07, 6.45) is 4.42. The molecule has 4 nitrogen and oxygen atoms in total. The lowest BCUT2D eigenvalue weighted by Crippen LogP contribution is -2.40. The van der Waals surface area contributed by atoms with E-state index in [1.54, 1.807) is 7.11 Å². The second kappa shape index (κ2) is 5.47. The van der Waals surface area contributed by atoms with Crippen LogP contribution < -0.4 is 10.6 Å². The summed E-state index contributed by atoms with van der Waals surface area (Å²) in [6.45, 7) is 3.95. The first-order valence-corrected chi connectivity index (χ1v) is 6.20. The smallest absolute Gasteiger partial charge is 0.133 e. The Kier molecular flexibility index (Phi) is 3.97. The summed E-state index contributed by atoms with van der Waals surface area (Å²) in [5.74, 6) is 1.02. The monoisotopic (exact) mass is 235 g/mol. The average Bonchev–Trinajstić information content (AvgIpc) is 2.39. The first-order chi connectivity index (χ1) is 8.22. The van der Waals surface area contributed by atoms with Crippen molar-refractivity contribution in [1.29, 1.82) is 0 Å². The summed E-state index contributed by atoms with van der Waals surface area (Å²) in [4.78, 5) is 6.77. The third kappa shape index (κ3) is 2.76. The van der Waals surface area contributed by atoms with Gasteiger partial charge in [-0.3, -0.25) is 0 Å². The van der Waals surface area contributed by atoms with E-state index < -0.39 is 0 Å². The number of pyridine rings is 1. The Hall–Kier alpha value is -1.13. The number of ether oxygens (including phenoxy) is 1. The molecule has 1 fully saturated rings. The van der Waals surface area contributed by atoms with Crippen LogP contribution in [0.15, 0.2) is 18.3 Å². The number of piperidine rings is 1. The van der Waals surface area contributed by atoms with Gasteiger partial charge in [0.05, 0.1) is 6.10 Å². The van der Waals surface area contributed by atoms with Crippen LogP contribution in [0.5, 0.6) is 0 Å². The highest BCUT2D eigenvalue weighted by atomic mass is 16.5. The number of hydrogen-bond donors (Lipinski definition) is 1. The Labute approximate surface area is 103 Å². The number of hydrogen-bond acceptors (Lipinski definition) is 4. The summed E-state index contributed by atoms with van der Waals surface area (Å²) in [5.41, 5.74) is 7.11. The van der Waals surface area contributed by atoms with E-state index in [2.05, 4.69) is 16.0 Å². The molecule has 0 amide bonds. The van der Waals surface area contributed by atoms with Gasteiger partial charge in [0.15, 0.2) is 0 Å². The topological polar surface area (TPSA) is 51.4 Å². The fourth-order valence-corrected chi connectivity index (χ4v) is 2.35. The lowest BCUT2D eigenvalue weighted by atomic mass is 10.1. The predicted octanol–water partition coefficient (Wildman–Crippen LogP) is 1.72. The first kappa shape index (κ1) is 12.3. The number of nitrogens with zero attached hydrogens (tertiary/aromatic N) is 2. The van der Waals surface area contributed by atoms with Crippen molar-refractivity contribution in [3.8, 4) is 0 Å². The van der Waals surface area contributed by atoms with Crippen LogP contribution in [0.1, 0.15) is 31.4 Å². The van der Waals surface area contributed by atoms with Crippen LogP contribution in [-0.2, 0) is 4.74 Å². The molecule has 1 unspecified atom stereocenters. The molecular weight excluding hydrogens is 214 g/mol. The Morgan fingerprint density at radius 2 is 2.41 bits per heavy atom. The molecule has 1 aliphatic heterocycles. The van der Waals surface area contributed by atoms with Gasteiger partial charge < -0.3 is 15.4 Å². The van der Waals surface area contributed by atoms with Gasteiger partial charge in [0.25, 0.3) is 0 Å². The molecule has 1 saturated heterocycles. The first-order valence-electron chi connectivity index (χ1n) is 6.20. The Morgan fingerprint density at radius 3 is 3.12 bits per heavy atom. The minimum Gasteiger partial charge on any atom is -0.380 e. The maximum atomic E-state index is 5.99. The molecule has 0 spiro atoms. The lowest BCUT2D eigenvalue weighted by Gasteiger charge is -2.34. The van der Waals surface area contributed by atoms with E-state index in [0.717, 1.165) is 37.3 Å². The van der Waals surface area contributed by atoms with E-state index in [9.17, 15) is 0 Å². The standard InChI is InChI=1S/C13H21N3O/c1-10(14)12-6-3-7-15-13(12)16-8-4-5-11(9-16)17-2/h3,6-7,10-11H,4-5,8-9,14H2,1-2H3/t10-,11?/m0/s1. The quantitative estimate of drug-likeness (QED) is 0.866. The molecule has 2 N–H and O–H groups in total. The van der Waals surface area contributed by atoms with E-state index in [1.807, 2.05) is 19.2 Å². The second-order valence-corrected chi connectivity index (χ2v) is 4.65. The molecule has 17 heavy (non-hydrogen) atoms. The Bertz CT molecular complexity index is 367. The van der Waals surface area contributed by atoms with Gasteiger partial charge in [0.2, 0.25) is 0 Å². The second-order valence-electron chi connectivity index (χ2n) is 4.65. The highest BCUT2D eigenvalue weighted by Crippen LogP contribution is 2.25. The van der Waals surface area contributed by atoms with Crippen LogP contribution in [0.25, 0.3) is 0 Å². The van der Waals surface area contributed by atoms with Gasteiger partial charge >= 0.3 is 0 Å². The number of aromatic nitrogens is 1. The molecule has 2 heterocycles. The minimum absolute atomic E-state index is 0.0154. The molecule has 0 saturated carbocycles. The fourth-order valence-electron chi connectivity index (χ4n) is 2.35. The molecule has 4 heteroatoms. The van der Waals surface area contributed by atoms with Crippen molar-refractivity contribution in [3.05, 3.63) is 23.9 Å². The van der Waals surface area contributed by atoms with E-state index in [0.29, 0.717) is 6.10 Å². The van der Waals surface area contributed by atoms with Gasteiger partial charge in [-0.25, -0.2) is 4.98 Å². The highest BCUT2D eigenvalue weighted by molar-refractivity contribution is 5.48. The zero-order chi connectivity index (χ0) is 12.3. The summed E-state index contributed by atoms with van der Waals surface area (Å²) in [5, 5.41) is 0. The third-order valence-electron chi connectivity index (χ3n) is 3.32. The maximum absolute atomic E-state index is 5.99. The van der Waals surface area contributed by atoms with Gasteiger partial charge in [-0.1, -0.05) is 6.07 Å². The van der Waals surface area contributed by atoms with Gasteiger partial charge in [-0.15, -0.1) is 0 Å². The molecule has 2 rings (SSSR count). The van der Waals surface area contributed by atoms with Crippen molar-refractivity contribution >= 4 is 5.82 Å². The molecule has 1 aliphatic rings. The fraction of sp³-hybridized carbons (Fsp3) is 0.615. The van der Waals surface area contributed by atoms with Crippen molar-refractivity contribution in [2.24, 2.45) is 5.73 Å². The van der Waals surface area contributed by atoms with Crippen LogP contribution in [0.3, 0.4) is 0 Å². The van der Waals surface area contributed by atoms with Crippen LogP contribution in [0.4, 0.5) is 5.82 Å². The molecule has 1 aromatic heterocycles. The van der Waals surface area contributed by atoms with Crippen molar-refractivity contribution in [3.63, 3.8) is 0 Å². The Balaban J connectivity index is 2.21. The molecule has 0 aliphatic carbocycles. The highest BCUT2D eigenvalue weighted by Gasteiger charge is 2.22. The maximum Gasteiger partial charge on any atom is 0.133 e. The predicted molar refractivity (Wildman–Crippen MR) is 69.1 cm³/mol. The van der Waals surface area contributed by atoms with E-state index >= 15 is 0 Å².